The summed E-state index contributed by atoms with van der Waals surface area (Å²) in [7, 11) is 0. The van der Waals surface area contributed by atoms with Crippen LogP contribution >= 0.6 is 0 Å². The first-order valence-electron chi connectivity index (χ1n) is 9.11. The van der Waals surface area contributed by atoms with Crippen LogP contribution in [0.4, 0.5) is 10.2 Å². The molecule has 146 valence electrons. The SMILES string of the molecule is O=C(c1ccco1)N1CCN(c2ncnc3c2nnn3-c2cccc(F)c2)CC1. The van der Waals surface area contributed by atoms with Crippen molar-refractivity contribution < 1.29 is 13.6 Å². The van der Waals surface area contributed by atoms with Crippen LogP contribution in [0.25, 0.3) is 16.9 Å². The number of halogens is 1. The molecule has 1 aliphatic heterocycles. The number of piperazine rings is 1. The molecular weight excluding hydrogens is 377 g/mol. The summed E-state index contributed by atoms with van der Waals surface area (Å²) >= 11 is 0. The maximum Gasteiger partial charge on any atom is 0.289 e. The number of hydrogen-bond acceptors (Lipinski definition) is 7. The number of aromatic nitrogens is 5. The minimum Gasteiger partial charge on any atom is -0.459 e. The van der Waals surface area contributed by atoms with E-state index in [9.17, 15) is 9.18 Å². The Morgan fingerprint density at radius 2 is 1.93 bits per heavy atom. The van der Waals surface area contributed by atoms with Crippen molar-refractivity contribution in [2.75, 3.05) is 31.1 Å². The van der Waals surface area contributed by atoms with Gasteiger partial charge in [0.15, 0.2) is 22.7 Å². The normalized spacial score (nSPS) is 14.5. The van der Waals surface area contributed by atoms with Gasteiger partial charge in [-0.3, -0.25) is 4.79 Å². The highest BCUT2D eigenvalue weighted by molar-refractivity contribution is 5.91. The van der Waals surface area contributed by atoms with E-state index in [-0.39, 0.29) is 11.7 Å². The van der Waals surface area contributed by atoms with E-state index in [4.69, 9.17) is 4.42 Å². The minimum atomic E-state index is -0.363. The fourth-order valence-electron chi connectivity index (χ4n) is 3.43. The number of rotatable bonds is 3. The number of furan rings is 1. The van der Waals surface area contributed by atoms with Crippen molar-refractivity contribution in [1.82, 2.24) is 29.9 Å². The molecule has 1 aromatic carbocycles. The first-order valence-corrected chi connectivity index (χ1v) is 9.11. The molecule has 0 aliphatic carbocycles. The zero-order chi connectivity index (χ0) is 19.8. The first kappa shape index (κ1) is 17.3. The fourth-order valence-corrected chi connectivity index (χ4v) is 3.43. The molecule has 1 fully saturated rings. The second-order valence-corrected chi connectivity index (χ2v) is 6.61. The first-order chi connectivity index (χ1) is 14.2. The van der Waals surface area contributed by atoms with Gasteiger partial charge in [0.1, 0.15) is 12.1 Å². The molecule has 5 rings (SSSR count). The van der Waals surface area contributed by atoms with Crippen molar-refractivity contribution in [3.8, 4) is 5.69 Å². The molecule has 29 heavy (non-hydrogen) atoms. The van der Waals surface area contributed by atoms with Gasteiger partial charge in [-0.15, -0.1) is 5.10 Å². The molecule has 9 nitrogen and oxygen atoms in total. The average Bonchev–Trinajstić information content (AvgIpc) is 3.43. The lowest BCUT2D eigenvalue weighted by Gasteiger charge is -2.34. The van der Waals surface area contributed by atoms with Crippen LogP contribution in [0, 0.1) is 5.82 Å². The van der Waals surface area contributed by atoms with E-state index in [1.54, 1.807) is 29.2 Å². The molecule has 1 saturated heterocycles. The van der Waals surface area contributed by atoms with Gasteiger partial charge >= 0.3 is 0 Å². The third kappa shape index (κ3) is 3.08. The van der Waals surface area contributed by atoms with Gasteiger partial charge in [0, 0.05) is 26.2 Å². The highest BCUT2D eigenvalue weighted by Gasteiger charge is 2.26. The van der Waals surface area contributed by atoms with E-state index in [2.05, 4.69) is 20.3 Å². The summed E-state index contributed by atoms with van der Waals surface area (Å²) < 4.78 is 20.3. The summed E-state index contributed by atoms with van der Waals surface area (Å²) in [6.07, 6.45) is 2.93. The van der Waals surface area contributed by atoms with Crippen LogP contribution in [0.15, 0.2) is 53.4 Å². The van der Waals surface area contributed by atoms with Crippen molar-refractivity contribution >= 4 is 22.9 Å². The number of anilines is 1. The Labute approximate surface area is 164 Å². The lowest BCUT2D eigenvalue weighted by atomic mass is 10.2. The standard InChI is InChI=1S/C19H16FN7O2/c20-13-3-1-4-14(11-13)27-18-16(23-24-27)17(21-12-22-18)25-6-8-26(9-7-25)19(28)15-5-2-10-29-15/h1-5,10-12H,6-9H2. The van der Waals surface area contributed by atoms with Crippen LogP contribution < -0.4 is 4.90 Å². The largest absolute Gasteiger partial charge is 0.459 e. The molecule has 0 spiro atoms. The quantitative estimate of drug-likeness (QED) is 0.525. The second-order valence-electron chi connectivity index (χ2n) is 6.61. The molecule has 0 bridgehead atoms. The predicted molar refractivity (Wildman–Crippen MR) is 101 cm³/mol. The monoisotopic (exact) mass is 393 g/mol. The van der Waals surface area contributed by atoms with Crippen LogP contribution in [0.5, 0.6) is 0 Å². The van der Waals surface area contributed by atoms with Gasteiger partial charge < -0.3 is 14.2 Å². The molecule has 0 unspecified atom stereocenters. The van der Waals surface area contributed by atoms with E-state index in [1.165, 1.54) is 29.4 Å². The predicted octanol–water partition coefficient (Wildman–Crippen LogP) is 1.91. The van der Waals surface area contributed by atoms with Gasteiger partial charge in [0.2, 0.25) is 0 Å². The van der Waals surface area contributed by atoms with E-state index in [0.29, 0.717) is 54.6 Å². The van der Waals surface area contributed by atoms with Crippen LogP contribution in [-0.2, 0) is 0 Å². The van der Waals surface area contributed by atoms with Crippen molar-refractivity contribution in [1.29, 1.82) is 0 Å². The Morgan fingerprint density at radius 1 is 1.07 bits per heavy atom. The summed E-state index contributed by atoms with van der Waals surface area (Å²) in [5, 5.41) is 8.36. The van der Waals surface area contributed by atoms with Crippen LogP contribution in [-0.4, -0.2) is 61.9 Å². The molecule has 10 heteroatoms. The third-order valence-corrected chi connectivity index (χ3v) is 4.87. The number of carbonyl (C=O) groups is 1. The Bertz CT molecular complexity index is 1170. The Hall–Kier alpha value is -3.82. The molecular formula is C19H16FN7O2. The number of amides is 1. The maximum atomic E-state index is 13.6. The van der Waals surface area contributed by atoms with Gasteiger partial charge in [0.25, 0.3) is 5.91 Å². The topological polar surface area (TPSA) is 93.2 Å². The average molecular weight is 393 g/mol. The molecule has 1 amide bonds. The van der Waals surface area contributed by atoms with Crippen LogP contribution in [0.1, 0.15) is 10.6 Å². The van der Waals surface area contributed by atoms with Gasteiger partial charge in [0.05, 0.1) is 12.0 Å². The molecule has 0 N–H and O–H groups in total. The summed E-state index contributed by atoms with van der Waals surface area (Å²) in [6, 6.07) is 9.44. The van der Waals surface area contributed by atoms with Gasteiger partial charge in [-0.05, 0) is 30.3 Å². The minimum absolute atomic E-state index is 0.125. The number of benzene rings is 1. The van der Waals surface area contributed by atoms with Crippen molar-refractivity contribution in [3.63, 3.8) is 0 Å². The van der Waals surface area contributed by atoms with Gasteiger partial charge in [-0.1, -0.05) is 11.3 Å². The molecule has 4 aromatic rings. The zero-order valence-electron chi connectivity index (χ0n) is 15.3. The molecule has 4 heterocycles. The van der Waals surface area contributed by atoms with Crippen molar-refractivity contribution in [3.05, 3.63) is 60.6 Å². The summed E-state index contributed by atoms with van der Waals surface area (Å²) in [4.78, 5) is 24.9. The van der Waals surface area contributed by atoms with Crippen molar-refractivity contribution in [2.45, 2.75) is 0 Å². The van der Waals surface area contributed by atoms with Crippen LogP contribution in [0.2, 0.25) is 0 Å². The Kier molecular flexibility index (Phi) is 4.15. The molecule has 0 radical (unpaired) electrons. The van der Waals surface area contributed by atoms with Crippen LogP contribution in [0.3, 0.4) is 0 Å². The molecule has 0 saturated carbocycles. The van der Waals surface area contributed by atoms with Gasteiger partial charge in [-0.2, -0.15) is 4.68 Å². The number of carbonyl (C=O) groups excluding carboxylic acids is 1. The zero-order valence-corrected chi connectivity index (χ0v) is 15.3. The van der Waals surface area contributed by atoms with Gasteiger partial charge in [-0.25, -0.2) is 14.4 Å². The lowest BCUT2D eigenvalue weighted by Crippen LogP contribution is -2.49. The van der Waals surface area contributed by atoms with E-state index in [1.807, 2.05) is 4.90 Å². The van der Waals surface area contributed by atoms with E-state index < -0.39 is 0 Å². The third-order valence-electron chi connectivity index (χ3n) is 4.87. The van der Waals surface area contributed by atoms with Crippen molar-refractivity contribution in [2.24, 2.45) is 0 Å². The van der Waals surface area contributed by atoms with E-state index >= 15 is 0 Å². The summed E-state index contributed by atoms with van der Waals surface area (Å²) in [5.41, 5.74) is 1.56. The maximum absolute atomic E-state index is 13.6. The van der Waals surface area contributed by atoms with E-state index in [0.717, 1.165) is 0 Å². The Balaban J connectivity index is 1.40. The summed E-state index contributed by atoms with van der Waals surface area (Å²) in [5.74, 6) is 0.487. The molecule has 1 aliphatic rings. The Morgan fingerprint density at radius 3 is 2.69 bits per heavy atom. The highest BCUT2D eigenvalue weighted by atomic mass is 19.1. The smallest absolute Gasteiger partial charge is 0.289 e. The molecule has 3 aromatic heterocycles. The number of nitrogens with zero attached hydrogens (tertiary/aromatic N) is 7. The summed E-state index contributed by atoms with van der Waals surface area (Å²) in [6.45, 7) is 2.24. The number of fused-ring (bicyclic) bond motifs is 1. The second kappa shape index (κ2) is 6.97. The number of hydrogen-bond donors (Lipinski definition) is 0. The molecule has 0 atom stereocenters. The highest BCUT2D eigenvalue weighted by Crippen LogP contribution is 2.24. The lowest BCUT2D eigenvalue weighted by molar-refractivity contribution is 0.0714. The fraction of sp³-hybridized carbons (Fsp3) is 0.211.